The van der Waals surface area contributed by atoms with Crippen LogP contribution in [0.15, 0.2) is 18.2 Å². The Morgan fingerprint density at radius 3 is 2.67 bits per heavy atom. The highest BCUT2D eigenvalue weighted by Crippen LogP contribution is 2.27. The van der Waals surface area contributed by atoms with Gasteiger partial charge in [-0.3, -0.25) is 0 Å². The Morgan fingerprint density at radius 2 is 2.07 bits per heavy atom. The van der Waals surface area contributed by atoms with Gasteiger partial charge in [-0.25, -0.2) is 0 Å². The van der Waals surface area contributed by atoms with Crippen molar-refractivity contribution < 1.29 is 4.74 Å². The highest BCUT2D eigenvalue weighted by atomic mass is 16.5. The average Bonchev–Trinajstić information content (AvgIpc) is 2.26. The average molecular weight is 207 g/mol. The van der Waals surface area contributed by atoms with Gasteiger partial charge in [-0.1, -0.05) is 19.4 Å². The molecule has 0 heterocycles. The Balaban J connectivity index is 2.83. The largest absolute Gasteiger partial charge is 0.496 e. The Morgan fingerprint density at radius 1 is 1.33 bits per heavy atom. The van der Waals surface area contributed by atoms with Gasteiger partial charge in [0.05, 0.1) is 7.11 Å². The predicted molar refractivity (Wildman–Crippen MR) is 65.9 cm³/mol. The summed E-state index contributed by atoms with van der Waals surface area (Å²) in [6.07, 6.45) is 2.46. The molecule has 15 heavy (non-hydrogen) atoms. The van der Waals surface area contributed by atoms with Crippen molar-refractivity contribution in [2.75, 3.05) is 25.6 Å². The molecule has 0 saturated heterocycles. The molecule has 0 aromatic heterocycles. The number of methoxy groups -OCH3 is 1. The second kappa shape index (κ2) is 5.64. The third-order valence-electron chi connectivity index (χ3n) is 2.73. The van der Waals surface area contributed by atoms with Gasteiger partial charge >= 0.3 is 0 Å². The normalized spacial score (nSPS) is 10.1. The molecule has 2 heteroatoms. The molecule has 0 amide bonds. The molecular formula is C13H21NO. The number of anilines is 1. The van der Waals surface area contributed by atoms with Gasteiger partial charge in [-0.15, -0.1) is 0 Å². The molecule has 0 spiro atoms. The molecule has 0 unspecified atom stereocenters. The van der Waals surface area contributed by atoms with Gasteiger partial charge in [0, 0.05) is 24.8 Å². The number of rotatable bonds is 5. The number of hydrogen-bond acceptors (Lipinski definition) is 2. The zero-order valence-corrected chi connectivity index (χ0v) is 10.2. The van der Waals surface area contributed by atoms with Gasteiger partial charge in [0.25, 0.3) is 0 Å². The molecule has 1 aromatic rings. The first-order valence-electron chi connectivity index (χ1n) is 5.55. The summed E-state index contributed by atoms with van der Waals surface area (Å²) in [6, 6.07) is 6.20. The molecule has 84 valence electrons. The lowest BCUT2D eigenvalue weighted by Crippen LogP contribution is -2.19. The summed E-state index contributed by atoms with van der Waals surface area (Å²) < 4.78 is 5.31. The van der Waals surface area contributed by atoms with E-state index in [-0.39, 0.29) is 0 Å². The van der Waals surface area contributed by atoms with E-state index in [1.807, 2.05) is 12.1 Å². The van der Waals surface area contributed by atoms with Gasteiger partial charge < -0.3 is 9.64 Å². The summed E-state index contributed by atoms with van der Waals surface area (Å²) >= 11 is 0. The molecule has 0 aliphatic rings. The maximum absolute atomic E-state index is 5.31. The highest BCUT2D eigenvalue weighted by Gasteiger charge is 2.07. The number of unbranched alkanes of at least 4 members (excludes halogenated alkanes) is 1. The number of benzene rings is 1. The molecule has 2 nitrogen and oxygen atoms in total. The van der Waals surface area contributed by atoms with Gasteiger partial charge in [0.2, 0.25) is 0 Å². The second-order valence-electron chi connectivity index (χ2n) is 3.88. The predicted octanol–water partition coefficient (Wildman–Crippen LogP) is 3.24. The van der Waals surface area contributed by atoms with E-state index >= 15 is 0 Å². The van der Waals surface area contributed by atoms with Crippen molar-refractivity contribution in [3.8, 4) is 5.75 Å². The summed E-state index contributed by atoms with van der Waals surface area (Å²) in [5, 5.41) is 0. The Labute approximate surface area is 92.9 Å². The molecular weight excluding hydrogens is 186 g/mol. The summed E-state index contributed by atoms with van der Waals surface area (Å²) in [5.74, 6) is 0.968. The number of nitrogens with zero attached hydrogens (tertiary/aromatic N) is 1. The maximum Gasteiger partial charge on any atom is 0.123 e. The van der Waals surface area contributed by atoms with Crippen molar-refractivity contribution >= 4 is 5.69 Å². The zero-order valence-electron chi connectivity index (χ0n) is 10.2. The van der Waals surface area contributed by atoms with Crippen molar-refractivity contribution in [1.29, 1.82) is 0 Å². The molecule has 0 radical (unpaired) electrons. The second-order valence-corrected chi connectivity index (χ2v) is 3.88. The summed E-state index contributed by atoms with van der Waals surface area (Å²) in [7, 11) is 3.86. The van der Waals surface area contributed by atoms with E-state index in [9.17, 15) is 0 Å². The van der Waals surface area contributed by atoms with Crippen LogP contribution in [0.5, 0.6) is 5.75 Å². The van der Waals surface area contributed by atoms with Crippen LogP contribution in [0.3, 0.4) is 0 Å². The van der Waals surface area contributed by atoms with Crippen LogP contribution in [-0.4, -0.2) is 20.7 Å². The van der Waals surface area contributed by atoms with Gasteiger partial charge in [0.1, 0.15) is 5.75 Å². The molecule has 0 aliphatic carbocycles. The van der Waals surface area contributed by atoms with Crippen LogP contribution in [0.25, 0.3) is 0 Å². The summed E-state index contributed by atoms with van der Waals surface area (Å²) in [5.41, 5.74) is 2.49. The third-order valence-corrected chi connectivity index (χ3v) is 2.73. The smallest absolute Gasteiger partial charge is 0.123 e. The van der Waals surface area contributed by atoms with Crippen LogP contribution >= 0.6 is 0 Å². The number of hydrogen-bond donors (Lipinski definition) is 0. The van der Waals surface area contributed by atoms with E-state index in [2.05, 4.69) is 31.9 Å². The first-order valence-corrected chi connectivity index (χ1v) is 5.55. The third kappa shape index (κ3) is 2.88. The van der Waals surface area contributed by atoms with Gasteiger partial charge in [0.15, 0.2) is 0 Å². The van der Waals surface area contributed by atoms with E-state index in [0.29, 0.717) is 0 Å². The number of ether oxygens (including phenoxy) is 1. The molecule has 1 aromatic carbocycles. The van der Waals surface area contributed by atoms with Crippen molar-refractivity contribution in [3.05, 3.63) is 23.8 Å². The molecule has 0 N–H and O–H groups in total. The molecule has 0 aliphatic heterocycles. The minimum atomic E-state index is 0.968. The van der Waals surface area contributed by atoms with Crippen LogP contribution in [0.1, 0.15) is 25.3 Å². The van der Waals surface area contributed by atoms with E-state index in [4.69, 9.17) is 4.74 Å². The lowest BCUT2D eigenvalue weighted by Gasteiger charge is -2.22. The lowest BCUT2D eigenvalue weighted by molar-refractivity contribution is 0.411. The van der Waals surface area contributed by atoms with Crippen LogP contribution < -0.4 is 9.64 Å². The van der Waals surface area contributed by atoms with Crippen molar-refractivity contribution in [3.63, 3.8) is 0 Å². The van der Waals surface area contributed by atoms with Crippen LogP contribution in [0, 0.1) is 6.92 Å². The summed E-state index contributed by atoms with van der Waals surface area (Å²) in [4.78, 5) is 2.29. The monoisotopic (exact) mass is 207 g/mol. The molecule has 0 atom stereocenters. The maximum atomic E-state index is 5.31. The fraction of sp³-hybridized carbons (Fsp3) is 0.538. The molecule has 0 bridgehead atoms. The Kier molecular flexibility index (Phi) is 4.47. The first kappa shape index (κ1) is 11.9. The summed E-state index contributed by atoms with van der Waals surface area (Å²) in [6.45, 7) is 5.42. The Hall–Kier alpha value is -1.18. The SMILES string of the molecule is CCCCN(C)c1cccc(OC)c1C. The zero-order chi connectivity index (χ0) is 11.3. The van der Waals surface area contributed by atoms with Crippen molar-refractivity contribution in [1.82, 2.24) is 0 Å². The fourth-order valence-corrected chi connectivity index (χ4v) is 1.75. The standard InChI is InChI=1S/C13H21NO/c1-5-6-10-14(3)12-8-7-9-13(15-4)11(12)2/h7-9H,5-6,10H2,1-4H3. The topological polar surface area (TPSA) is 12.5 Å². The first-order chi connectivity index (χ1) is 7.20. The van der Waals surface area contributed by atoms with E-state index < -0.39 is 0 Å². The lowest BCUT2D eigenvalue weighted by atomic mass is 10.1. The molecule has 0 fully saturated rings. The quantitative estimate of drug-likeness (QED) is 0.735. The highest BCUT2D eigenvalue weighted by molar-refractivity contribution is 5.58. The Bertz CT molecular complexity index is 309. The van der Waals surface area contributed by atoms with E-state index in [1.54, 1.807) is 7.11 Å². The van der Waals surface area contributed by atoms with Crippen LogP contribution in [-0.2, 0) is 0 Å². The van der Waals surface area contributed by atoms with E-state index in [0.717, 1.165) is 12.3 Å². The van der Waals surface area contributed by atoms with E-state index in [1.165, 1.54) is 24.1 Å². The molecule has 0 saturated carbocycles. The van der Waals surface area contributed by atoms with Crippen LogP contribution in [0.4, 0.5) is 5.69 Å². The minimum Gasteiger partial charge on any atom is -0.496 e. The fourth-order valence-electron chi connectivity index (χ4n) is 1.75. The van der Waals surface area contributed by atoms with Crippen molar-refractivity contribution in [2.24, 2.45) is 0 Å². The van der Waals surface area contributed by atoms with Gasteiger partial charge in [-0.2, -0.15) is 0 Å². The van der Waals surface area contributed by atoms with Crippen molar-refractivity contribution in [2.45, 2.75) is 26.7 Å². The minimum absolute atomic E-state index is 0.968. The molecule has 1 rings (SSSR count). The van der Waals surface area contributed by atoms with Gasteiger partial charge in [-0.05, 0) is 25.5 Å². The van der Waals surface area contributed by atoms with Crippen LogP contribution in [0.2, 0.25) is 0 Å².